The van der Waals surface area contributed by atoms with Crippen LogP contribution in [0.25, 0.3) is 0 Å². The number of methoxy groups -OCH3 is 1. The first-order valence-electron chi connectivity index (χ1n) is 6.58. The van der Waals surface area contributed by atoms with Crippen LogP contribution in [0.2, 0.25) is 0 Å². The van der Waals surface area contributed by atoms with E-state index in [1.165, 1.54) is 0 Å². The highest BCUT2D eigenvalue weighted by atomic mass is 16.5. The summed E-state index contributed by atoms with van der Waals surface area (Å²) in [6.45, 7) is 7.06. The minimum Gasteiger partial charge on any atom is -0.379 e. The van der Waals surface area contributed by atoms with Crippen LogP contribution in [0, 0.1) is 5.92 Å². The molecule has 1 N–H and O–H groups in total. The maximum atomic E-state index is 5.53. The highest BCUT2D eigenvalue weighted by molar-refractivity contribution is 5.44. The molecule has 2 unspecified atom stereocenters. The van der Waals surface area contributed by atoms with Crippen LogP contribution in [-0.2, 0) is 4.74 Å². The number of ether oxygens (including phenoxy) is 1. The summed E-state index contributed by atoms with van der Waals surface area (Å²) >= 11 is 0. The summed E-state index contributed by atoms with van der Waals surface area (Å²) in [5.41, 5.74) is 0. The molecule has 1 aliphatic rings. The van der Waals surface area contributed by atoms with Gasteiger partial charge in [0.1, 0.15) is 11.6 Å². The Morgan fingerprint density at radius 1 is 1.50 bits per heavy atom. The monoisotopic (exact) mass is 250 g/mol. The molecule has 1 aromatic heterocycles. The molecular formula is C13H22N4O. The van der Waals surface area contributed by atoms with Crippen LogP contribution in [0.3, 0.4) is 0 Å². The average molecular weight is 250 g/mol. The van der Waals surface area contributed by atoms with Gasteiger partial charge in [0, 0.05) is 26.7 Å². The van der Waals surface area contributed by atoms with Crippen LogP contribution < -0.4 is 10.2 Å². The lowest BCUT2D eigenvalue weighted by atomic mass is 9.96. The third kappa shape index (κ3) is 2.90. The van der Waals surface area contributed by atoms with Gasteiger partial charge in [-0.05, 0) is 19.3 Å². The average Bonchev–Trinajstić information content (AvgIpc) is 2.40. The van der Waals surface area contributed by atoms with Crippen molar-refractivity contribution in [3.05, 3.63) is 12.4 Å². The SMILES string of the molecule is CCNc1cncc(N2CCC(C)C(OC)C2)n1. The fraction of sp³-hybridized carbons (Fsp3) is 0.692. The summed E-state index contributed by atoms with van der Waals surface area (Å²) in [4.78, 5) is 11.1. The highest BCUT2D eigenvalue weighted by Crippen LogP contribution is 2.23. The molecule has 1 fully saturated rings. The van der Waals surface area contributed by atoms with E-state index in [2.05, 4.69) is 34.0 Å². The predicted octanol–water partition coefficient (Wildman–Crippen LogP) is 1.77. The van der Waals surface area contributed by atoms with Gasteiger partial charge < -0.3 is 15.0 Å². The normalized spacial score (nSPS) is 24.1. The number of hydrogen-bond acceptors (Lipinski definition) is 5. The summed E-state index contributed by atoms with van der Waals surface area (Å²) < 4.78 is 5.53. The number of piperidine rings is 1. The van der Waals surface area contributed by atoms with Crippen molar-refractivity contribution >= 4 is 11.6 Å². The predicted molar refractivity (Wildman–Crippen MR) is 73.0 cm³/mol. The summed E-state index contributed by atoms with van der Waals surface area (Å²) in [7, 11) is 1.78. The molecule has 0 amide bonds. The van der Waals surface area contributed by atoms with Crippen molar-refractivity contribution in [3.63, 3.8) is 0 Å². The van der Waals surface area contributed by atoms with Gasteiger partial charge in [-0.3, -0.25) is 4.98 Å². The summed E-state index contributed by atoms with van der Waals surface area (Å²) in [5.74, 6) is 2.38. The maximum Gasteiger partial charge on any atom is 0.149 e. The molecule has 0 aromatic carbocycles. The largest absolute Gasteiger partial charge is 0.379 e. The first kappa shape index (κ1) is 13.1. The van der Waals surface area contributed by atoms with E-state index < -0.39 is 0 Å². The van der Waals surface area contributed by atoms with E-state index >= 15 is 0 Å². The quantitative estimate of drug-likeness (QED) is 0.882. The first-order valence-corrected chi connectivity index (χ1v) is 6.58. The third-order valence-corrected chi connectivity index (χ3v) is 3.50. The summed E-state index contributed by atoms with van der Waals surface area (Å²) in [5, 5.41) is 3.19. The van der Waals surface area contributed by atoms with Crippen LogP contribution in [0.5, 0.6) is 0 Å². The Hall–Kier alpha value is -1.36. The maximum absolute atomic E-state index is 5.53. The topological polar surface area (TPSA) is 50.3 Å². The standard InChI is InChI=1S/C13H22N4O/c1-4-15-12-7-14-8-13(16-12)17-6-5-10(2)11(9-17)18-3/h7-8,10-11H,4-6,9H2,1-3H3,(H,15,16). The number of nitrogens with one attached hydrogen (secondary N) is 1. The molecule has 2 atom stereocenters. The lowest BCUT2D eigenvalue weighted by molar-refractivity contribution is 0.0496. The van der Waals surface area contributed by atoms with Crippen molar-refractivity contribution < 1.29 is 4.74 Å². The Balaban J connectivity index is 2.09. The molecule has 2 rings (SSSR count). The van der Waals surface area contributed by atoms with Crippen LogP contribution in [-0.4, -0.2) is 42.8 Å². The lowest BCUT2D eigenvalue weighted by Crippen LogP contribution is -2.44. The Kier molecular flexibility index (Phi) is 4.36. The number of rotatable bonds is 4. The minimum atomic E-state index is 0.281. The van der Waals surface area contributed by atoms with E-state index in [1.807, 2.05) is 6.20 Å². The van der Waals surface area contributed by atoms with Gasteiger partial charge in [0.15, 0.2) is 0 Å². The molecule has 1 saturated heterocycles. The van der Waals surface area contributed by atoms with Gasteiger partial charge in [0.2, 0.25) is 0 Å². The number of aromatic nitrogens is 2. The zero-order valence-corrected chi connectivity index (χ0v) is 11.4. The van der Waals surface area contributed by atoms with Crippen LogP contribution >= 0.6 is 0 Å². The molecule has 2 heterocycles. The molecule has 0 aliphatic carbocycles. The molecule has 1 aliphatic heterocycles. The van der Waals surface area contributed by atoms with Gasteiger partial charge in [-0.2, -0.15) is 0 Å². The van der Waals surface area contributed by atoms with E-state index in [9.17, 15) is 0 Å². The van der Waals surface area contributed by atoms with Gasteiger partial charge in [-0.15, -0.1) is 0 Å². The molecule has 100 valence electrons. The molecule has 18 heavy (non-hydrogen) atoms. The molecule has 0 radical (unpaired) electrons. The zero-order chi connectivity index (χ0) is 13.0. The fourth-order valence-electron chi connectivity index (χ4n) is 2.32. The van der Waals surface area contributed by atoms with Crippen molar-refractivity contribution in [1.29, 1.82) is 0 Å². The Morgan fingerprint density at radius 2 is 2.33 bits per heavy atom. The van der Waals surface area contributed by atoms with E-state index in [1.54, 1.807) is 13.3 Å². The molecule has 0 saturated carbocycles. The molecule has 0 spiro atoms. The van der Waals surface area contributed by atoms with Gasteiger partial charge >= 0.3 is 0 Å². The summed E-state index contributed by atoms with van der Waals surface area (Å²) in [6, 6.07) is 0. The van der Waals surface area contributed by atoms with Crippen molar-refractivity contribution in [2.24, 2.45) is 5.92 Å². The van der Waals surface area contributed by atoms with Gasteiger partial charge in [0.05, 0.1) is 18.5 Å². The molecule has 1 aromatic rings. The lowest BCUT2D eigenvalue weighted by Gasteiger charge is -2.36. The van der Waals surface area contributed by atoms with Crippen LogP contribution in [0.15, 0.2) is 12.4 Å². The molecular weight excluding hydrogens is 228 g/mol. The van der Waals surface area contributed by atoms with E-state index in [0.717, 1.165) is 37.7 Å². The smallest absolute Gasteiger partial charge is 0.149 e. The Bertz CT molecular complexity index is 385. The van der Waals surface area contributed by atoms with Crippen molar-refractivity contribution in [1.82, 2.24) is 9.97 Å². The van der Waals surface area contributed by atoms with Gasteiger partial charge in [0.25, 0.3) is 0 Å². The van der Waals surface area contributed by atoms with Crippen molar-refractivity contribution in [2.45, 2.75) is 26.4 Å². The second-order valence-corrected chi connectivity index (χ2v) is 4.78. The van der Waals surface area contributed by atoms with Crippen molar-refractivity contribution in [3.8, 4) is 0 Å². The van der Waals surface area contributed by atoms with Crippen LogP contribution in [0.1, 0.15) is 20.3 Å². The number of hydrogen-bond donors (Lipinski definition) is 1. The first-order chi connectivity index (χ1) is 8.74. The number of nitrogens with zero attached hydrogens (tertiary/aromatic N) is 3. The second kappa shape index (κ2) is 6.00. The molecule has 5 nitrogen and oxygen atoms in total. The van der Waals surface area contributed by atoms with Crippen LogP contribution in [0.4, 0.5) is 11.6 Å². The molecule has 0 bridgehead atoms. The van der Waals surface area contributed by atoms with E-state index in [0.29, 0.717) is 5.92 Å². The Labute approximate surface area is 109 Å². The fourth-order valence-corrected chi connectivity index (χ4v) is 2.32. The Morgan fingerprint density at radius 3 is 3.06 bits per heavy atom. The summed E-state index contributed by atoms with van der Waals surface area (Å²) in [6.07, 6.45) is 4.99. The minimum absolute atomic E-state index is 0.281. The highest BCUT2D eigenvalue weighted by Gasteiger charge is 2.26. The molecule has 5 heteroatoms. The van der Waals surface area contributed by atoms with E-state index in [4.69, 9.17) is 4.74 Å². The number of anilines is 2. The van der Waals surface area contributed by atoms with E-state index in [-0.39, 0.29) is 6.10 Å². The zero-order valence-electron chi connectivity index (χ0n) is 11.4. The van der Waals surface area contributed by atoms with Crippen molar-refractivity contribution in [2.75, 3.05) is 37.0 Å². The third-order valence-electron chi connectivity index (χ3n) is 3.50. The second-order valence-electron chi connectivity index (χ2n) is 4.78. The van der Waals surface area contributed by atoms with Gasteiger partial charge in [-0.25, -0.2) is 4.98 Å². The van der Waals surface area contributed by atoms with Gasteiger partial charge in [-0.1, -0.05) is 6.92 Å².